The summed E-state index contributed by atoms with van der Waals surface area (Å²) in [4.78, 5) is 4.16. The van der Waals surface area contributed by atoms with E-state index in [-0.39, 0.29) is 0 Å². The normalized spacial score (nSPS) is 10.5. The van der Waals surface area contributed by atoms with E-state index in [4.69, 9.17) is 11.6 Å². The molecule has 2 heteroatoms. The van der Waals surface area contributed by atoms with Crippen molar-refractivity contribution in [2.75, 3.05) is 0 Å². The molecule has 1 radical (unpaired) electrons. The van der Waals surface area contributed by atoms with Crippen LogP contribution in [0.25, 0.3) is 10.9 Å². The molecular weight excluding hydrogens is 170 g/mol. The number of hydrogen-bond donors (Lipinski definition) is 0. The molecule has 1 aromatic carbocycles. The fourth-order valence-corrected chi connectivity index (χ4v) is 1.43. The zero-order valence-electron chi connectivity index (χ0n) is 6.42. The first-order chi connectivity index (χ1) is 5.77. The molecule has 1 nitrogen and oxygen atoms in total. The maximum Gasteiger partial charge on any atom is 0.130 e. The molecule has 0 saturated heterocycles. The van der Waals surface area contributed by atoms with Crippen molar-refractivity contribution in [1.82, 2.24) is 4.98 Å². The van der Waals surface area contributed by atoms with Crippen LogP contribution in [0.15, 0.2) is 30.3 Å². The molecule has 1 heterocycles. The Bertz CT molecular complexity index is 423. The van der Waals surface area contributed by atoms with Gasteiger partial charge >= 0.3 is 0 Å². The number of rotatable bonds is 0. The average Bonchev–Trinajstić information content (AvgIpc) is 2.04. The zero-order chi connectivity index (χ0) is 8.55. The van der Waals surface area contributed by atoms with Crippen molar-refractivity contribution in [2.45, 2.75) is 0 Å². The molecule has 0 atom stereocenters. The fraction of sp³-hybridized carbons (Fsp3) is 0. The summed E-state index contributed by atoms with van der Waals surface area (Å²) in [6.07, 6.45) is 0. The van der Waals surface area contributed by atoms with E-state index in [1.54, 1.807) is 6.07 Å². The van der Waals surface area contributed by atoms with Gasteiger partial charge in [0.15, 0.2) is 0 Å². The summed E-state index contributed by atoms with van der Waals surface area (Å²) >= 11 is 5.77. The summed E-state index contributed by atoms with van der Waals surface area (Å²) in [5, 5.41) is 1.56. The zero-order valence-corrected chi connectivity index (χ0v) is 7.17. The van der Waals surface area contributed by atoms with Crippen LogP contribution in [0.4, 0.5) is 0 Å². The van der Waals surface area contributed by atoms with Crippen LogP contribution < -0.4 is 0 Å². The second-order valence-electron chi connectivity index (χ2n) is 2.62. The molecule has 0 spiro atoms. The lowest BCUT2D eigenvalue weighted by atomic mass is 10.1. The number of fused-ring (bicyclic) bond motifs is 1. The van der Waals surface area contributed by atoms with Crippen LogP contribution >= 0.6 is 11.6 Å². The van der Waals surface area contributed by atoms with Crippen LogP contribution in [-0.4, -0.2) is 4.98 Å². The van der Waals surface area contributed by atoms with E-state index in [0.717, 1.165) is 16.5 Å². The molecule has 0 aliphatic carbocycles. The molecule has 0 saturated carbocycles. The predicted molar refractivity (Wildman–Crippen MR) is 51.2 cm³/mol. The lowest BCUT2D eigenvalue weighted by Gasteiger charge is -2.00. The molecule has 0 aliphatic heterocycles. The molecule has 0 aliphatic rings. The van der Waals surface area contributed by atoms with Crippen LogP contribution in [-0.2, 0) is 0 Å². The molecule has 12 heavy (non-hydrogen) atoms. The van der Waals surface area contributed by atoms with E-state index in [1.807, 2.05) is 24.3 Å². The van der Waals surface area contributed by atoms with Crippen LogP contribution in [0.2, 0.25) is 5.15 Å². The quantitative estimate of drug-likeness (QED) is 0.563. The van der Waals surface area contributed by atoms with Crippen molar-refractivity contribution in [3.8, 4) is 0 Å². The molecule has 0 bridgehead atoms. The number of aromatic nitrogens is 1. The Hall–Kier alpha value is -1.08. The average molecular weight is 177 g/mol. The van der Waals surface area contributed by atoms with Crippen molar-refractivity contribution in [2.24, 2.45) is 0 Å². The van der Waals surface area contributed by atoms with Gasteiger partial charge in [0.1, 0.15) is 5.15 Å². The smallest absolute Gasteiger partial charge is 0.130 e. The van der Waals surface area contributed by atoms with Crippen LogP contribution in [0.3, 0.4) is 0 Å². The Kier molecular flexibility index (Phi) is 1.74. The third-order valence-corrected chi connectivity index (χ3v) is 1.96. The molecule has 2 rings (SSSR count). The molecule has 2 aromatic rings. The van der Waals surface area contributed by atoms with E-state index in [9.17, 15) is 0 Å². The SMILES string of the molecule is [CH2]c1cc(Cl)nc2ccccc12. The second-order valence-corrected chi connectivity index (χ2v) is 3.01. The Balaban J connectivity index is 2.89. The number of pyridine rings is 1. The second kappa shape index (κ2) is 2.76. The van der Waals surface area contributed by atoms with E-state index in [1.165, 1.54) is 0 Å². The van der Waals surface area contributed by atoms with Gasteiger partial charge in [0, 0.05) is 5.39 Å². The summed E-state index contributed by atoms with van der Waals surface area (Å²) in [6.45, 7) is 3.89. The monoisotopic (exact) mass is 176 g/mol. The van der Waals surface area contributed by atoms with E-state index < -0.39 is 0 Å². The summed E-state index contributed by atoms with van der Waals surface area (Å²) in [5.74, 6) is 0. The highest BCUT2D eigenvalue weighted by Gasteiger charge is 1.98. The predicted octanol–water partition coefficient (Wildman–Crippen LogP) is 3.07. The lowest BCUT2D eigenvalue weighted by Crippen LogP contribution is -1.82. The Morgan fingerprint density at radius 1 is 1.25 bits per heavy atom. The van der Waals surface area contributed by atoms with Gasteiger partial charge in [-0.2, -0.15) is 0 Å². The van der Waals surface area contributed by atoms with Gasteiger partial charge in [-0.15, -0.1) is 0 Å². The van der Waals surface area contributed by atoms with Gasteiger partial charge in [0.05, 0.1) is 5.52 Å². The third-order valence-electron chi connectivity index (χ3n) is 1.77. The number of para-hydroxylation sites is 1. The molecule has 1 aromatic heterocycles. The summed E-state index contributed by atoms with van der Waals surface area (Å²) in [6, 6.07) is 9.58. The fourth-order valence-electron chi connectivity index (χ4n) is 1.21. The minimum absolute atomic E-state index is 0.499. The maximum absolute atomic E-state index is 5.77. The van der Waals surface area contributed by atoms with Crippen LogP contribution in [0.5, 0.6) is 0 Å². The summed E-state index contributed by atoms with van der Waals surface area (Å²) in [5.41, 5.74) is 1.82. The first kappa shape index (κ1) is 7.56. The largest absolute Gasteiger partial charge is 0.236 e. The van der Waals surface area contributed by atoms with Crippen molar-refractivity contribution in [3.05, 3.63) is 48.0 Å². The van der Waals surface area contributed by atoms with Gasteiger partial charge in [-0.25, -0.2) is 4.98 Å². The highest BCUT2D eigenvalue weighted by atomic mass is 35.5. The Morgan fingerprint density at radius 2 is 2.00 bits per heavy atom. The topological polar surface area (TPSA) is 12.9 Å². The highest BCUT2D eigenvalue weighted by Crippen LogP contribution is 2.19. The van der Waals surface area contributed by atoms with E-state index in [2.05, 4.69) is 11.9 Å². The number of nitrogens with zero attached hydrogens (tertiary/aromatic N) is 1. The third kappa shape index (κ3) is 1.16. The number of halogens is 1. The minimum Gasteiger partial charge on any atom is -0.236 e. The molecule has 59 valence electrons. The van der Waals surface area contributed by atoms with Gasteiger partial charge in [-0.3, -0.25) is 0 Å². The minimum atomic E-state index is 0.499. The highest BCUT2D eigenvalue weighted by molar-refractivity contribution is 6.29. The van der Waals surface area contributed by atoms with Crippen molar-refractivity contribution in [1.29, 1.82) is 0 Å². The van der Waals surface area contributed by atoms with Crippen LogP contribution in [0, 0.1) is 6.92 Å². The summed E-state index contributed by atoms with van der Waals surface area (Å²) in [7, 11) is 0. The van der Waals surface area contributed by atoms with Crippen molar-refractivity contribution in [3.63, 3.8) is 0 Å². The number of benzene rings is 1. The van der Waals surface area contributed by atoms with Crippen molar-refractivity contribution >= 4 is 22.5 Å². The first-order valence-corrected chi connectivity index (χ1v) is 4.02. The van der Waals surface area contributed by atoms with Crippen LogP contribution in [0.1, 0.15) is 5.56 Å². The molecule has 0 N–H and O–H groups in total. The number of hydrogen-bond acceptors (Lipinski definition) is 1. The van der Waals surface area contributed by atoms with E-state index >= 15 is 0 Å². The van der Waals surface area contributed by atoms with Gasteiger partial charge in [0.25, 0.3) is 0 Å². The summed E-state index contributed by atoms with van der Waals surface area (Å²) < 4.78 is 0. The standard InChI is InChI=1S/C10H7ClN/c1-7-6-10(11)12-9-5-3-2-4-8(7)9/h2-6H,1H2. The van der Waals surface area contributed by atoms with Gasteiger partial charge < -0.3 is 0 Å². The van der Waals surface area contributed by atoms with Gasteiger partial charge in [-0.05, 0) is 24.6 Å². The lowest BCUT2D eigenvalue weighted by molar-refractivity contribution is 1.40. The van der Waals surface area contributed by atoms with Gasteiger partial charge in [0.2, 0.25) is 0 Å². The molecule has 0 fully saturated rings. The molecule has 0 unspecified atom stereocenters. The maximum atomic E-state index is 5.77. The molecule has 0 amide bonds. The van der Waals surface area contributed by atoms with Gasteiger partial charge in [-0.1, -0.05) is 29.8 Å². The molecular formula is C10H7ClN. The van der Waals surface area contributed by atoms with E-state index in [0.29, 0.717) is 5.15 Å². The Labute approximate surface area is 76.0 Å². The van der Waals surface area contributed by atoms with Crippen molar-refractivity contribution < 1.29 is 0 Å². The Morgan fingerprint density at radius 3 is 2.83 bits per heavy atom. The first-order valence-electron chi connectivity index (χ1n) is 3.64.